The zero-order chi connectivity index (χ0) is 14.1. The van der Waals surface area contributed by atoms with Gasteiger partial charge in [-0.05, 0) is 19.8 Å². The van der Waals surface area contributed by atoms with Gasteiger partial charge in [0, 0.05) is 35.8 Å². The van der Waals surface area contributed by atoms with Gasteiger partial charge in [-0.1, -0.05) is 17.3 Å². The number of aromatic nitrogens is 1. The van der Waals surface area contributed by atoms with Gasteiger partial charge in [0.25, 0.3) is 5.69 Å². The largest absolute Gasteiger partial charge is 0.356 e. The zero-order valence-electron chi connectivity index (χ0n) is 11.1. The lowest BCUT2D eigenvalue weighted by Gasteiger charge is -1.99. The first kappa shape index (κ1) is 12.8. The van der Waals surface area contributed by atoms with Crippen molar-refractivity contribution in [2.24, 2.45) is 0 Å². The fourth-order valence-electron chi connectivity index (χ4n) is 2.03. The number of nitrogens with one attached hydrogen (secondary N) is 1. The molecule has 2 aromatic rings. The van der Waals surface area contributed by atoms with E-state index in [1.165, 1.54) is 18.9 Å². The summed E-state index contributed by atoms with van der Waals surface area (Å²) < 4.78 is 5.27. The summed E-state index contributed by atoms with van der Waals surface area (Å²) in [6.07, 6.45) is 2.43. The third-order valence-corrected chi connectivity index (χ3v) is 3.40. The molecule has 3 rings (SSSR count). The Morgan fingerprint density at radius 2 is 2.25 bits per heavy atom. The first-order valence-electron chi connectivity index (χ1n) is 6.58. The van der Waals surface area contributed by atoms with Crippen molar-refractivity contribution in [1.82, 2.24) is 10.5 Å². The molecule has 1 aliphatic carbocycles. The minimum atomic E-state index is -0.384. The molecule has 1 aromatic carbocycles. The standard InChI is InChI=1S/C14H15N3O3/c1-9-2-3-10(6-13(9)17(18)19)14-7-12(16-20-14)8-15-11-4-5-11/h2-3,6-7,11,15H,4-5,8H2,1H3. The van der Waals surface area contributed by atoms with Crippen molar-refractivity contribution in [3.05, 3.63) is 45.6 Å². The van der Waals surface area contributed by atoms with Crippen LogP contribution < -0.4 is 5.32 Å². The van der Waals surface area contributed by atoms with E-state index in [0.29, 0.717) is 29.5 Å². The molecule has 1 N–H and O–H groups in total. The van der Waals surface area contributed by atoms with Gasteiger partial charge < -0.3 is 9.84 Å². The lowest BCUT2D eigenvalue weighted by Crippen LogP contribution is -2.15. The molecule has 104 valence electrons. The van der Waals surface area contributed by atoms with E-state index in [1.807, 2.05) is 6.07 Å². The highest BCUT2D eigenvalue weighted by atomic mass is 16.6. The summed E-state index contributed by atoms with van der Waals surface area (Å²) in [5, 5.41) is 18.3. The highest BCUT2D eigenvalue weighted by Gasteiger charge is 2.21. The quantitative estimate of drug-likeness (QED) is 0.669. The van der Waals surface area contributed by atoms with Crippen molar-refractivity contribution >= 4 is 5.69 Å². The van der Waals surface area contributed by atoms with Gasteiger partial charge in [0.15, 0.2) is 5.76 Å². The van der Waals surface area contributed by atoms with Crippen molar-refractivity contribution in [3.8, 4) is 11.3 Å². The van der Waals surface area contributed by atoms with Crippen LogP contribution in [0.2, 0.25) is 0 Å². The Kier molecular flexibility index (Phi) is 3.23. The van der Waals surface area contributed by atoms with Crippen molar-refractivity contribution in [1.29, 1.82) is 0 Å². The molecule has 0 saturated heterocycles. The van der Waals surface area contributed by atoms with Gasteiger partial charge in [0.05, 0.1) is 10.6 Å². The maximum Gasteiger partial charge on any atom is 0.273 e. The minimum absolute atomic E-state index is 0.0940. The van der Waals surface area contributed by atoms with E-state index in [1.54, 1.807) is 19.1 Å². The first-order valence-corrected chi connectivity index (χ1v) is 6.58. The topological polar surface area (TPSA) is 81.2 Å². The van der Waals surface area contributed by atoms with Crippen LogP contribution in [0.3, 0.4) is 0 Å². The third kappa shape index (κ3) is 2.70. The molecule has 0 atom stereocenters. The van der Waals surface area contributed by atoms with Gasteiger partial charge in [-0.15, -0.1) is 0 Å². The summed E-state index contributed by atoms with van der Waals surface area (Å²) in [7, 11) is 0. The van der Waals surface area contributed by atoms with Gasteiger partial charge in [-0.25, -0.2) is 0 Å². The van der Waals surface area contributed by atoms with E-state index in [4.69, 9.17) is 4.52 Å². The van der Waals surface area contributed by atoms with Crippen LogP contribution in [0.5, 0.6) is 0 Å². The predicted octanol–water partition coefficient (Wildman–Crippen LogP) is 2.81. The molecule has 0 amide bonds. The van der Waals surface area contributed by atoms with E-state index in [2.05, 4.69) is 10.5 Å². The Labute approximate surface area is 115 Å². The number of hydrogen-bond acceptors (Lipinski definition) is 5. The van der Waals surface area contributed by atoms with E-state index < -0.39 is 0 Å². The van der Waals surface area contributed by atoms with Gasteiger partial charge >= 0.3 is 0 Å². The lowest BCUT2D eigenvalue weighted by atomic mass is 10.1. The summed E-state index contributed by atoms with van der Waals surface area (Å²) in [5.41, 5.74) is 2.22. The zero-order valence-corrected chi connectivity index (χ0v) is 11.1. The minimum Gasteiger partial charge on any atom is -0.356 e. The SMILES string of the molecule is Cc1ccc(-c2cc(CNC3CC3)no2)cc1[N+](=O)[O-]. The van der Waals surface area contributed by atoms with Gasteiger partial charge in [0.2, 0.25) is 0 Å². The Hall–Kier alpha value is -2.21. The molecular formula is C14H15N3O3. The molecule has 0 spiro atoms. The maximum absolute atomic E-state index is 10.9. The van der Waals surface area contributed by atoms with Crippen LogP contribution in [0.15, 0.2) is 28.8 Å². The number of hydrogen-bond donors (Lipinski definition) is 1. The summed E-state index contributed by atoms with van der Waals surface area (Å²) >= 11 is 0. The number of nitro benzene ring substituents is 1. The highest BCUT2D eigenvalue weighted by molar-refractivity contribution is 5.62. The fourth-order valence-corrected chi connectivity index (χ4v) is 2.03. The maximum atomic E-state index is 10.9. The molecule has 1 heterocycles. The Bertz CT molecular complexity index is 647. The molecular weight excluding hydrogens is 258 g/mol. The molecule has 0 unspecified atom stereocenters. The molecule has 20 heavy (non-hydrogen) atoms. The molecule has 0 aliphatic heterocycles. The van der Waals surface area contributed by atoms with Crippen LogP contribution in [-0.2, 0) is 6.54 Å². The summed E-state index contributed by atoms with van der Waals surface area (Å²) in [5.74, 6) is 0.556. The van der Waals surface area contributed by atoms with Crippen LogP contribution in [0.25, 0.3) is 11.3 Å². The molecule has 1 aliphatic rings. The Morgan fingerprint density at radius 1 is 1.45 bits per heavy atom. The monoisotopic (exact) mass is 273 g/mol. The summed E-state index contributed by atoms with van der Waals surface area (Å²) in [6, 6.07) is 7.48. The van der Waals surface area contributed by atoms with E-state index in [0.717, 1.165) is 5.69 Å². The molecule has 1 saturated carbocycles. The van der Waals surface area contributed by atoms with Gasteiger partial charge in [-0.3, -0.25) is 10.1 Å². The van der Waals surface area contributed by atoms with Crippen molar-refractivity contribution in [2.45, 2.75) is 32.4 Å². The number of nitrogens with zero attached hydrogens (tertiary/aromatic N) is 2. The lowest BCUT2D eigenvalue weighted by molar-refractivity contribution is -0.385. The van der Waals surface area contributed by atoms with Crippen LogP contribution in [-0.4, -0.2) is 16.1 Å². The van der Waals surface area contributed by atoms with Crippen molar-refractivity contribution < 1.29 is 9.45 Å². The third-order valence-electron chi connectivity index (χ3n) is 3.40. The second-order valence-electron chi connectivity index (χ2n) is 5.10. The Morgan fingerprint density at radius 3 is 2.95 bits per heavy atom. The van der Waals surface area contributed by atoms with E-state index >= 15 is 0 Å². The second kappa shape index (κ2) is 5.05. The number of nitro groups is 1. The highest BCUT2D eigenvalue weighted by Crippen LogP contribution is 2.27. The molecule has 0 bridgehead atoms. The van der Waals surface area contributed by atoms with Crippen LogP contribution in [0.1, 0.15) is 24.1 Å². The molecule has 1 fully saturated rings. The number of aryl methyl sites for hydroxylation is 1. The van der Waals surface area contributed by atoms with Crippen molar-refractivity contribution in [2.75, 3.05) is 0 Å². The molecule has 6 heteroatoms. The van der Waals surface area contributed by atoms with E-state index in [-0.39, 0.29) is 10.6 Å². The van der Waals surface area contributed by atoms with Crippen molar-refractivity contribution in [3.63, 3.8) is 0 Å². The average molecular weight is 273 g/mol. The Balaban J connectivity index is 1.81. The van der Waals surface area contributed by atoms with Crippen LogP contribution in [0.4, 0.5) is 5.69 Å². The summed E-state index contributed by atoms with van der Waals surface area (Å²) in [6.45, 7) is 2.38. The normalized spacial score (nSPS) is 14.4. The predicted molar refractivity (Wildman–Crippen MR) is 73.2 cm³/mol. The first-order chi connectivity index (χ1) is 9.63. The van der Waals surface area contributed by atoms with Gasteiger partial charge in [0.1, 0.15) is 0 Å². The van der Waals surface area contributed by atoms with Gasteiger partial charge in [-0.2, -0.15) is 0 Å². The molecule has 1 aromatic heterocycles. The molecule has 6 nitrogen and oxygen atoms in total. The smallest absolute Gasteiger partial charge is 0.273 e. The number of benzene rings is 1. The van der Waals surface area contributed by atoms with Crippen LogP contribution >= 0.6 is 0 Å². The average Bonchev–Trinajstić information content (AvgIpc) is 3.14. The second-order valence-corrected chi connectivity index (χ2v) is 5.10. The summed E-state index contributed by atoms with van der Waals surface area (Å²) in [4.78, 5) is 10.6. The number of rotatable bonds is 5. The van der Waals surface area contributed by atoms with E-state index in [9.17, 15) is 10.1 Å². The molecule has 0 radical (unpaired) electrons. The van der Waals surface area contributed by atoms with Crippen LogP contribution in [0, 0.1) is 17.0 Å². The fraction of sp³-hybridized carbons (Fsp3) is 0.357.